The molecule has 142 valence electrons. The van der Waals surface area contributed by atoms with Gasteiger partial charge in [-0.05, 0) is 49.6 Å². The summed E-state index contributed by atoms with van der Waals surface area (Å²) in [6.45, 7) is 2.11. The van der Waals surface area contributed by atoms with Gasteiger partial charge in [-0.1, -0.05) is 29.8 Å². The molecule has 6 heteroatoms. The average molecular weight is 392 g/mol. The fraction of sp³-hybridized carbons (Fsp3) is 0.273. The Hall–Kier alpha value is -2.75. The van der Waals surface area contributed by atoms with Gasteiger partial charge in [0, 0.05) is 28.0 Å². The van der Waals surface area contributed by atoms with Gasteiger partial charge in [0.25, 0.3) is 5.91 Å². The van der Waals surface area contributed by atoms with Crippen LogP contribution in [0.15, 0.2) is 52.3 Å². The smallest absolute Gasteiger partial charge is 0.260 e. The first-order valence-corrected chi connectivity index (χ1v) is 9.98. The van der Waals surface area contributed by atoms with Crippen LogP contribution in [0.2, 0.25) is 0 Å². The molecule has 0 unspecified atom stereocenters. The molecule has 0 saturated heterocycles. The van der Waals surface area contributed by atoms with Crippen molar-refractivity contribution in [2.45, 2.75) is 23.1 Å². The third-order valence-corrected chi connectivity index (χ3v) is 6.13. The van der Waals surface area contributed by atoms with Crippen LogP contribution in [0.5, 0.6) is 0 Å². The zero-order valence-corrected chi connectivity index (χ0v) is 16.3. The zero-order valence-electron chi connectivity index (χ0n) is 15.4. The second-order valence-corrected chi connectivity index (χ2v) is 7.96. The largest absolute Gasteiger partial charge is 0.396 e. The number of carbonyl (C=O) groups excluding carboxylic acids is 2. The molecule has 0 aromatic heterocycles. The molecule has 0 spiro atoms. The third-order valence-electron chi connectivity index (χ3n) is 5.01. The molecule has 2 aliphatic rings. The van der Waals surface area contributed by atoms with Crippen LogP contribution >= 0.6 is 11.8 Å². The number of nitrogens with one attached hydrogen (secondary N) is 1. The first-order chi connectivity index (χ1) is 13.6. The quantitative estimate of drug-likeness (QED) is 0.783. The van der Waals surface area contributed by atoms with Crippen molar-refractivity contribution in [3.05, 3.63) is 48.0 Å². The van der Waals surface area contributed by atoms with Crippen LogP contribution in [0.3, 0.4) is 0 Å². The summed E-state index contributed by atoms with van der Waals surface area (Å²) >= 11 is 1.51. The maximum absolute atomic E-state index is 13.1. The highest BCUT2D eigenvalue weighted by atomic mass is 32.2. The van der Waals surface area contributed by atoms with Crippen molar-refractivity contribution in [2.75, 3.05) is 23.4 Å². The van der Waals surface area contributed by atoms with E-state index in [0.29, 0.717) is 17.8 Å². The van der Waals surface area contributed by atoms with E-state index in [-0.39, 0.29) is 30.3 Å². The molecule has 1 aliphatic heterocycles. The number of fused-ring (bicyclic) bond motifs is 2. The standard InChI is InChI=1S/C22H20N2O3S/c1-2-3-10-24-18-9-8-15(23-21(26)17-11-14(17)13-25)12-20(18)28-19-7-5-4-6-16(19)22(24)27/h4-9,12,14,17,25H,10-11,13H2,1H3,(H,23,26)/t14-,17-/m0/s1. The molecule has 2 N–H and O–H groups in total. The molecule has 1 saturated carbocycles. The number of benzene rings is 2. The number of nitrogens with zero attached hydrogens (tertiary/aromatic N) is 1. The van der Waals surface area contributed by atoms with Gasteiger partial charge in [-0.25, -0.2) is 0 Å². The predicted molar refractivity (Wildman–Crippen MR) is 109 cm³/mol. The predicted octanol–water partition coefficient (Wildman–Crippen LogP) is 3.39. The minimum Gasteiger partial charge on any atom is -0.396 e. The molecular weight excluding hydrogens is 372 g/mol. The maximum Gasteiger partial charge on any atom is 0.260 e. The molecule has 2 aromatic carbocycles. The topological polar surface area (TPSA) is 69.6 Å². The second kappa shape index (κ2) is 7.70. The molecule has 1 aliphatic carbocycles. The van der Waals surface area contributed by atoms with Crippen molar-refractivity contribution in [1.29, 1.82) is 0 Å². The average Bonchev–Trinajstić information content (AvgIpc) is 3.50. The number of carbonyl (C=O) groups is 2. The number of hydrogen-bond donors (Lipinski definition) is 2. The second-order valence-electron chi connectivity index (χ2n) is 6.87. The molecule has 0 bridgehead atoms. The van der Waals surface area contributed by atoms with Crippen molar-refractivity contribution >= 4 is 35.0 Å². The summed E-state index contributed by atoms with van der Waals surface area (Å²) in [6.07, 6.45) is 0.730. The van der Waals surface area contributed by atoms with Crippen LogP contribution in [0, 0.1) is 23.7 Å². The van der Waals surface area contributed by atoms with E-state index in [9.17, 15) is 9.59 Å². The van der Waals surface area contributed by atoms with Crippen LogP contribution in [-0.4, -0.2) is 30.1 Å². The van der Waals surface area contributed by atoms with Crippen molar-refractivity contribution in [3.8, 4) is 11.8 Å². The Morgan fingerprint density at radius 2 is 2.11 bits per heavy atom. The van der Waals surface area contributed by atoms with Gasteiger partial charge in [-0.2, -0.15) is 0 Å². The van der Waals surface area contributed by atoms with E-state index < -0.39 is 0 Å². The highest BCUT2D eigenvalue weighted by Crippen LogP contribution is 2.43. The minimum absolute atomic E-state index is 0.0461. The fourth-order valence-electron chi connectivity index (χ4n) is 3.32. The van der Waals surface area contributed by atoms with E-state index in [0.717, 1.165) is 21.9 Å². The number of anilines is 2. The van der Waals surface area contributed by atoms with E-state index in [4.69, 9.17) is 5.11 Å². The third kappa shape index (κ3) is 3.51. The Morgan fingerprint density at radius 1 is 1.29 bits per heavy atom. The minimum atomic E-state index is -0.116. The van der Waals surface area contributed by atoms with Crippen molar-refractivity contribution < 1.29 is 14.7 Å². The Morgan fingerprint density at radius 3 is 2.86 bits per heavy atom. The van der Waals surface area contributed by atoms with Gasteiger partial charge in [-0.15, -0.1) is 5.92 Å². The van der Waals surface area contributed by atoms with Crippen LogP contribution in [0.25, 0.3) is 0 Å². The summed E-state index contributed by atoms with van der Waals surface area (Å²) < 4.78 is 0. The maximum atomic E-state index is 13.1. The normalized spacial score (nSPS) is 19.6. The van der Waals surface area contributed by atoms with Gasteiger partial charge >= 0.3 is 0 Å². The van der Waals surface area contributed by atoms with Crippen molar-refractivity contribution in [2.24, 2.45) is 11.8 Å². The lowest BCUT2D eigenvalue weighted by atomic mass is 10.1. The zero-order chi connectivity index (χ0) is 19.7. The number of amides is 2. The molecule has 1 heterocycles. The number of aliphatic hydroxyl groups excluding tert-OH is 1. The van der Waals surface area contributed by atoms with Gasteiger partial charge in [0.05, 0.1) is 17.8 Å². The van der Waals surface area contributed by atoms with E-state index in [2.05, 4.69) is 17.2 Å². The molecule has 5 nitrogen and oxygen atoms in total. The highest BCUT2D eigenvalue weighted by molar-refractivity contribution is 7.99. The van der Waals surface area contributed by atoms with Crippen LogP contribution < -0.4 is 10.2 Å². The summed E-state index contributed by atoms with van der Waals surface area (Å²) in [5.74, 6) is 5.64. The Labute approximate surface area is 168 Å². The van der Waals surface area contributed by atoms with Crippen molar-refractivity contribution in [1.82, 2.24) is 0 Å². The molecule has 1 fully saturated rings. The fourth-order valence-corrected chi connectivity index (χ4v) is 4.44. The molecule has 2 aromatic rings. The Kier molecular flexibility index (Phi) is 5.12. The lowest BCUT2D eigenvalue weighted by Crippen LogP contribution is -2.31. The van der Waals surface area contributed by atoms with Crippen LogP contribution in [0.1, 0.15) is 23.7 Å². The summed E-state index contributed by atoms with van der Waals surface area (Å²) in [4.78, 5) is 28.9. The van der Waals surface area contributed by atoms with Gasteiger partial charge < -0.3 is 10.4 Å². The molecule has 0 radical (unpaired) electrons. The van der Waals surface area contributed by atoms with Crippen LogP contribution in [-0.2, 0) is 4.79 Å². The molecule has 4 rings (SSSR count). The molecule has 28 heavy (non-hydrogen) atoms. The van der Waals surface area contributed by atoms with E-state index in [1.54, 1.807) is 11.8 Å². The summed E-state index contributed by atoms with van der Waals surface area (Å²) in [7, 11) is 0. The van der Waals surface area contributed by atoms with E-state index >= 15 is 0 Å². The van der Waals surface area contributed by atoms with Crippen LogP contribution in [0.4, 0.5) is 11.4 Å². The molecule has 2 amide bonds. The Balaban J connectivity index is 1.68. The van der Waals surface area contributed by atoms with Gasteiger partial charge in [0.15, 0.2) is 0 Å². The van der Waals surface area contributed by atoms with Crippen molar-refractivity contribution in [3.63, 3.8) is 0 Å². The lowest BCUT2D eigenvalue weighted by Gasteiger charge is -2.21. The van der Waals surface area contributed by atoms with Gasteiger partial charge in [0.2, 0.25) is 5.91 Å². The summed E-state index contributed by atoms with van der Waals surface area (Å²) in [6, 6.07) is 13.1. The first-order valence-electron chi connectivity index (χ1n) is 9.16. The van der Waals surface area contributed by atoms with E-state index in [1.165, 1.54) is 11.8 Å². The van der Waals surface area contributed by atoms with E-state index in [1.807, 2.05) is 42.5 Å². The lowest BCUT2D eigenvalue weighted by molar-refractivity contribution is -0.117. The number of aliphatic hydroxyl groups is 1. The number of hydrogen-bond acceptors (Lipinski definition) is 4. The SMILES string of the molecule is CC#CCN1C(=O)c2ccccc2Sc2cc(NC(=O)[C@H]3C[C@H]3CO)ccc21. The Bertz CT molecular complexity index is 1010. The monoisotopic (exact) mass is 392 g/mol. The van der Waals surface area contributed by atoms with Gasteiger partial charge in [0.1, 0.15) is 0 Å². The molecular formula is C22H20N2O3S. The first kappa shape index (κ1) is 18.6. The summed E-state index contributed by atoms with van der Waals surface area (Å²) in [5, 5.41) is 12.1. The number of rotatable bonds is 4. The highest BCUT2D eigenvalue weighted by Gasteiger charge is 2.42. The summed E-state index contributed by atoms with van der Waals surface area (Å²) in [5.41, 5.74) is 2.12. The van der Waals surface area contributed by atoms with Gasteiger partial charge in [-0.3, -0.25) is 14.5 Å². The molecule has 2 atom stereocenters.